The highest BCUT2D eigenvalue weighted by molar-refractivity contribution is 5.31. The molecule has 1 nitrogen and oxygen atoms in total. The van der Waals surface area contributed by atoms with Gasteiger partial charge in [-0.2, -0.15) is 5.26 Å². The highest BCUT2D eigenvalue weighted by atomic mass is 19.1. The molecule has 0 radical (unpaired) electrons. The second kappa shape index (κ2) is 2.85. The monoisotopic (exact) mass is 175 g/mol. The fourth-order valence-electron chi connectivity index (χ4n) is 1.41. The van der Waals surface area contributed by atoms with Gasteiger partial charge in [-0.15, -0.1) is 0 Å². The summed E-state index contributed by atoms with van der Waals surface area (Å²) in [5, 5.41) is 8.44. The Hall–Kier alpha value is -1.36. The van der Waals surface area contributed by atoms with Crippen molar-refractivity contribution in [1.29, 1.82) is 5.26 Å². The molecule has 2 heteroatoms. The van der Waals surface area contributed by atoms with Gasteiger partial charge in [0, 0.05) is 0 Å². The second-order valence-corrected chi connectivity index (χ2v) is 3.50. The van der Waals surface area contributed by atoms with Crippen LogP contribution in [-0.4, -0.2) is 0 Å². The molecule has 1 aliphatic carbocycles. The summed E-state index contributed by atoms with van der Waals surface area (Å²) in [6, 6.07) is 9.31. The van der Waals surface area contributed by atoms with Gasteiger partial charge in [0.1, 0.15) is 5.67 Å². The molecule has 0 saturated heterocycles. The first-order valence-corrected chi connectivity index (χ1v) is 4.40. The normalized spacial score (nSPS) is 17.8. The molecule has 0 heterocycles. The van der Waals surface area contributed by atoms with Gasteiger partial charge in [-0.3, -0.25) is 0 Å². The molecule has 0 aliphatic heterocycles. The van der Waals surface area contributed by atoms with Crippen LogP contribution in [0.4, 0.5) is 4.39 Å². The molecule has 0 bridgehead atoms. The average molecular weight is 175 g/mol. The number of halogens is 1. The van der Waals surface area contributed by atoms with E-state index in [0.717, 1.165) is 11.1 Å². The minimum Gasteiger partial charge on any atom is -0.239 e. The van der Waals surface area contributed by atoms with E-state index >= 15 is 0 Å². The van der Waals surface area contributed by atoms with E-state index in [0.29, 0.717) is 19.3 Å². The van der Waals surface area contributed by atoms with Gasteiger partial charge in [0.2, 0.25) is 0 Å². The van der Waals surface area contributed by atoms with Crippen molar-refractivity contribution in [3.05, 3.63) is 35.4 Å². The van der Waals surface area contributed by atoms with Crippen molar-refractivity contribution < 1.29 is 4.39 Å². The first-order chi connectivity index (χ1) is 6.24. The SMILES string of the molecule is N#CCc1ccc(C2(F)CC2)cc1. The maximum Gasteiger partial charge on any atom is 0.136 e. The quantitative estimate of drug-likeness (QED) is 0.678. The van der Waals surface area contributed by atoms with E-state index < -0.39 is 5.67 Å². The number of nitriles is 1. The molecule has 0 N–H and O–H groups in total. The minimum absolute atomic E-state index is 0.402. The van der Waals surface area contributed by atoms with E-state index in [-0.39, 0.29) is 0 Å². The summed E-state index contributed by atoms with van der Waals surface area (Å²) >= 11 is 0. The van der Waals surface area contributed by atoms with Crippen LogP contribution in [0, 0.1) is 11.3 Å². The molecule has 66 valence electrons. The summed E-state index contributed by atoms with van der Waals surface area (Å²) < 4.78 is 13.5. The molecule has 0 aromatic heterocycles. The number of benzene rings is 1. The van der Waals surface area contributed by atoms with Crippen LogP contribution in [0.15, 0.2) is 24.3 Å². The predicted molar refractivity (Wildman–Crippen MR) is 47.8 cm³/mol. The zero-order chi connectivity index (χ0) is 9.31. The lowest BCUT2D eigenvalue weighted by molar-refractivity contribution is 0.317. The maximum atomic E-state index is 13.5. The molecule has 1 aromatic rings. The van der Waals surface area contributed by atoms with Crippen LogP contribution < -0.4 is 0 Å². The van der Waals surface area contributed by atoms with Crippen LogP contribution >= 0.6 is 0 Å². The van der Waals surface area contributed by atoms with Gasteiger partial charge in [0.25, 0.3) is 0 Å². The summed E-state index contributed by atoms with van der Waals surface area (Å²) in [6.45, 7) is 0. The van der Waals surface area contributed by atoms with Gasteiger partial charge in [-0.25, -0.2) is 4.39 Å². The molecule has 0 atom stereocenters. The van der Waals surface area contributed by atoms with Crippen molar-refractivity contribution in [2.24, 2.45) is 0 Å². The lowest BCUT2D eigenvalue weighted by Gasteiger charge is -2.04. The molecule has 1 aliphatic rings. The second-order valence-electron chi connectivity index (χ2n) is 3.50. The highest BCUT2D eigenvalue weighted by Gasteiger charge is 2.44. The topological polar surface area (TPSA) is 23.8 Å². The Morgan fingerprint density at radius 3 is 2.38 bits per heavy atom. The lowest BCUT2D eigenvalue weighted by atomic mass is 10.1. The van der Waals surface area contributed by atoms with E-state index in [1.165, 1.54) is 0 Å². The van der Waals surface area contributed by atoms with Crippen LogP contribution in [0.3, 0.4) is 0 Å². The third kappa shape index (κ3) is 1.55. The Balaban J connectivity index is 2.20. The predicted octanol–water partition coefficient (Wildman–Crippen LogP) is 2.71. The van der Waals surface area contributed by atoms with Gasteiger partial charge in [-0.1, -0.05) is 24.3 Å². The largest absolute Gasteiger partial charge is 0.239 e. The van der Waals surface area contributed by atoms with Gasteiger partial charge in [-0.05, 0) is 24.0 Å². The number of hydrogen-bond donors (Lipinski definition) is 0. The molecule has 0 amide bonds. The maximum absolute atomic E-state index is 13.5. The summed E-state index contributed by atoms with van der Waals surface area (Å²) in [5.74, 6) is 0. The zero-order valence-corrected chi connectivity index (χ0v) is 7.26. The van der Waals surface area contributed by atoms with Crippen LogP contribution in [-0.2, 0) is 12.1 Å². The Morgan fingerprint density at radius 2 is 1.92 bits per heavy atom. The van der Waals surface area contributed by atoms with Crippen LogP contribution in [0.5, 0.6) is 0 Å². The first kappa shape index (κ1) is 8.25. The van der Waals surface area contributed by atoms with Crippen LogP contribution in [0.1, 0.15) is 24.0 Å². The molecule has 1 saturated carbocycles. The zero-order valence-electron chi connectivity index (χ0n) is 7.26. The average Bonchev–Trinajstić information content (AvgIpc) is 2.87. The number of rotatable bonds is 2. The van der Waals surface area contributed by atoms with Crippen molar-refractivity contribution in [2.45, 2.75) is 24.9 Å². The van der Waals surface area contributed by atoms with E-state index in [4.69, 9.17) is 5.26 Å². The molecule has 1 fully saturated rings. The first-order valence-electron chi connectivity index (χ1n) is 4.40. The molecule has 2 rings (SSSR count). The Kier molecular flexibility index (Phi) is 1.81. The standard InChI is InChI=1S/C11H10FN/c12-11(6-7-11)10-3-1-9(2-4-10)5-8-13/h1-4H,5-7H2. The fourth-order valence-corrected chi connectivity index (χ4v) is 1.41. The van der Waals surface area contributed by atoms with Gasteiger partial charge < -0.3 is 0 Å². The van der Waals surface area contributed by atoms with Crippen molar-refractivity contribution >= 4 is 0 Å². The Morgan fingerprint density at radius 1 is 1.31 bits per heavy atom. The van der Waals surface area contributed by atoms with Crippen molar-refractivity contribution in [1.82, 2.24) is 0 Å². The third-order valence-electron chi connectivity index (χ3n) is 2.44. The van der Waals surface area contributed by atoms with E-state index in [1.807, 2.05) is 12.1 Å². The van der Waals surface area contributed by atoms with Crippen molar-refractivity contribution in [2.75, 3.05) is 0 Å². The van der Waals surface area contributed by atoms with E-state index in [2.05, 4.69) is 6.07 Å². The molecular formula is C11H10FN. The molecule has 0 spiro atoms. The summed E-state index contributed by atoms with van der Waals surface area (Å²) in [4.78, 5) is 0. The smallest absolute Gasteiger partial charge is 0.136 e. The molecule has 0 unspecified atom stereocenters. The van der Waals surface area contributed by atoms with Crippen LogP contribution in [0.25, 0.3) is 0 Å². The summed E-state index contributed by atoms with van der Waals surface area (Å²) in [7, 11) is 0. The van der Waals surface area contributed by atoms with Crippen molar-refractivity contribution in [3.63, 3.8) is 0 Å². The van der Waals surface area contributed by atoms with Crippen molar-refractivity contribution in [3.8, 4) is 6.07 Å². The number of hydrogen-bond acceptors (Lipinski definition) is 1. The molecular weight excluding hydrogens is 165 g/mol. The van der Waals surface area contributed by atoms with Crippen LogP contribution in [0.2, 0.25) is 0 Å². The summed E-state index contributed by atoms with van der Waals surface area (Å²) in [5.41, 5.74) is 0.662. The van der Waals surface area contributed by atoms with E-state index in [9.17, 15) is 4.39 Å². The molecule has 1 aromatic carbocycles. The van der Waals surface area contributed by atoms with Gasteiger partial charge in [0.15, 0.2) is 0 Å². The number of nitrogens with zero attached hydrogens (tertiary/aromatic N) is 1. The lowest BCUT2D eigenvalue weighted by Crippen LogP contribution is -1.96. The molecule has 13 heavy (non-hydrogen) atoms. The minimum atomic E-state index is -1.05. The van der Waals surface area contributed by atoms with Gasteiger partial charge in [0.05, 0.1) is 12.5 Å². The third-order valence-corrected chi connectivity index (χ3v) is 2.44. The summed E-state index contributed by atoms with van der Waals surface area (Å²) in [6.07, 6.45) is 1.69. The van der Waals surface area contributed by atoms with E-state index in [1.54, 1.807) is 12.1 Å². The fraction of sp³-hybridized carbons (Fsp3) is 0.364. The Bertz CT molecular complexity index is 343. The Labute approximate surface area is 76.8 Å². The van der Waals surface area contributed by atoms with Gasteiger partial charge >= 0.3 is 0 Å². The highest BCUT2D eigenvalue weighted by Crippen LogP contribution is 2.49. The number of alkyl halides is 1.